The van der Waals surface area contributed by atoms with E-state index in [1.807, 2.05) is 19.1 Å². The Morgan fingerprint density at radius 3 is 2.63 bits per heavy atom. The van der Waals surface area contributed by atoms with Crippen LogP contribution in [0.4, 0.5) is 8.78 Å². The second kappa shape index (κ2) is 15.4. The fourth-order valence-corrected chi connectivity index (χ4v) is 4.94. The molecule has 0 aromatic heterocycles. The zero-order chi connectivity index (χ0) is 25.7. The van der Waals surface area contributed by atoms with Gasteiger partial charge in [-0.1, -0.05) is 31.9 Å². The number of rotatable bonds is 17. The summed E-state index contributed by atoms with van der Waals surface area (Å²) in [4.78, 5) is 35.6. The Balaban J connectivity index is 1.94. The van der Waals surface area contributed by atoms with Gasteiger partial charge in [0.25, 0.3) is 0 Å². The molecule has 0 aromatic rings. The Morgan fingerprint density at radius 2 is 1.94 bits per heavy atom. The highest BCUT2D eigenvalue weighted by molar-refractivity contribution is 5.86. The van der Waals surface area contributed by atoms with Crippen LogP contribution in [0.3, 0.4) is 0 Å². The number of ketones is 2. The Morgan fingerprint density at radius 1 is 1.14 bits per heavy atom. The fourth-order valence-electron chi connectivity index (χ4n) is 4.94. The van der Waals surface area contributed by atoms with Crippen molar-refractivity contribution in [2.24, 2.45) is 11.8 Å². The van der Waals surface area contributed by atoms with Crippen molar-refractivity contribution < 1.29 is 37.7 Å². The summed E-state index contributed by atoms with van der Waals surface area (Å²) in [7, 11) is 0. The van der Waals surface area contributed by atoms with Gasteiger partial charge in [-0.05, 0) is 70.1 Å². The summed E-state index contributed by atoms with van der Waals surface area (Å²) in [5, 5.41) is 10.5. The van der Waals surface area contributed by atoms with Crippen LogP contribution in [0.5, 0.6) is 0 Å². The largest absolute Gasteiger partial charge is 0.550 e. The molecule has 2 fully saturated rings. The molecule has 0 radical (unpaired) electrons. The van der Waals surface area contributed by atoms with Gasteiger partial charge in [-0.2, -0.15) is 8.78 Å². The summed E-state index contributed by atoms with van der Waals surface area (Å²) in [6, 6.07) is 0. The van der Waals surface area contributed by atoms with Crippen LogP contribution in [0, 0.1) is 11.8 Å². The number of carbonyl (C=O) groups is 3. The van der Waals surface area contributed by atoms with E-state index < -0.39 is 30.2 Å². The van der Waals surface area contributed by atoms with E-state index in [9.17, 15) is 28.3 Å². The number of ether oxygens (including phenoxy) is 2. The number of allylic oxidation sites excluding steroid dienone is 2. The van der Waals surface area contributed by atoms with Crippen molar-refractivity contribution in [2.75, 3.05) is 6.61 Å². The number of carboxylic acid groups (broad SMARTS) is 1. The van der Waals surface area contributed by atoms with Gasteiger partial charge in [0, 0.05) is 37.8 Å². The van der Waals surface area contributed by atoms with E-state index in [1.165, 1.54) is 0 Å². The second-order valence-electron chi connectivity index (χ2n) is 9.86. The fraction of sp³-hybridized carbons (Fsp3) is 0.815. The second-order valence-corrected chi connectivity index (χ2v) is 9.86. The van der Waals surface area contributed by atoms with E-state index in [2.05, 4.69) is 0 Å². The van der Waals surface area contributed by atoms with Crippen molar-refractivity contribution in [3.8, 4) is 0 Å². The van der Waals surface area contributed by atoms with Gasteiger partial charge in [-0.3, -0.25) is 9.59 Å². The van der Waals surface area contributed by atoms with Crippen LogP contribution >= 0.6 is 0 Å². The summed E-state index contributed by atoms with van der Waals surface area (Å²) < 4.78 is 40.2. The molecule has 8 heteroatoms. The molecule has 1 saturated carbocycles. The number of Topliss-reactive ketones (excluding diaryl/α,β-unsaturated/α-hetero) is 2. The Hall–Kier alpha value is -1.67. The first-order valence-corrected chi connectivity index (χ1v) is 13.3. The van der Waals surface area contributed by atoms with Crippen LogP contribution in [0.1, 0.15) is 103 Å². The first-order valence-electron chi connectivity index (χ1n) is 13.3. The maximum atomic E-state index is 14.2. The molecular formula is C27H41F2O6-. The normalized spacial score (nSPS) is 25.4. The molecule has 2 aliphatic rings. The van der Waals surface area contributed by atoms with Gasteiger partial charge in [0.15, 0.2) is 6.29 Å². The highest BCUT2D eigenvalue weighted by Crippen LogP contribution is 2.39. The van der Waals surface area contributed by atoms with Gasteiger partial charge in [0.2, 0.25) is 5.78 Å². The summed E-state index contributed by atoms with van der Waals surface area (Å²) in [6.07, 6.45) is 9.93. The molecule has 35 heavy (non-hydrogen) atoms. The van der Waals surface area contributed by atoms with E-state index in [4.69, 9.17) is 9.47 Å². The maximum absolute atomic E-state index is 14.2. The number of carboxylic acids is 1. The number of carbonyl (C=O) groups excluding carboxylic acids is 3. The molecule has 0 spiro atoms. The third-order valence-corrected chi connectivity index (χ3v) is 7.04. The molecule has 0 aromatic carbocycles. The molecule has 1 saturated heterocycles. The van der Waals surface area contributed by atoms with Crippen molar-refractivity contribution in [2.45, 2.75) is 122 Å². The Labute approximate surface area is 207 Å². The molecule has 6 nitrogen and oxygen atoms in total. The van der Waals surface area contributed by atoms with Gasteiger partial charge in [0.1, 0.15) is 5.78 Å². The van der Waals surface area contributed by atoms with Crippen LogP contribution in [-0.4, -0.2) is 42.5 Å². The molecule has 1 unspecified atom stereocenters. The monoisotopic (exact) mass is 499 g/mol. The lowest BCUT2D eigenvalue weighted by atomic mass is 9.86. The number of halogens is 2. The summed E-state index contributed by atoms with van der Waals surface area (Å²) in [5.41, 5.74) is 0. The molecule has 2 rings (SSSR count). The lowest BCUT2D eigenvalue weighted by Crippen LogP contribution is -2.33. The molecule has 0 bridgehead atoms. The smallest absolute Gasteiger partial charge is 0.305 e. The third kappa shape index (κ3) is 10.5. The Kier molecular flexibility index (Phi) is 13.0. The van der Waals surface area contributed by atoms with E-state index in [0.29, 0.717) is 32.3 Å². The average molecular weight is 500 g/mol. The van der Waals surface area contributed by atoms with Crippen LogP contribution in [0.15, 0.2) is 12.2 Å². The molecule has 0 N–H and O–H groups in total. The topological polar surface area (TPSA) is 92.7 Å². The van der Waals surface area contributed by atoms with Crippen LogP contribution in [0.2, 0.25) is 0 Å². The highest BCUT2D eigenvalue weighted by atomic mass is 19.3. The van der Waals surface area contributed by atoms with Gasteiger partial charge in [-0.15, -0.1) is 0 Å². The molecule has 200 valence electrons. The zero-order valence-electron chi connectivity index (χ0n) is 21.0. The van der Waals surface area contributed by atoms with E-state index in [1.54, 1.807) is 0 Å². The number of alkyl halides is 2. The minimum atomic E-state index is -3.33. The highest BCUT2D eigenvalue weighted by Gasteiger charge is 2.45. The van der Waals surface area contributed by atoms with Crippen LogP contribution in [-0.2, 0) is 23.9 Å². The molecule has 1 heterocycles. The number of aliphatic carboxylic acids is 1. The van der Waals surface area contributed by atoms with Crippen molar-refractivity contribution in [1.29, 1.82) is 0 Å². The molecule has 0 amide bonds. The van der Waals surface area contributed by atoms with Gasteiger partial charge in [-0.25, -0.2) is 0 Å². The number of unbranched alkanes of at least 4 members (excludes halogenated alkanes) is 4. The van der Waals surface area contributed by atoms with Crippen LogP contribution < -0.4 is 5.11 Å². The first-order chi connectivity index (χ1) is 16.7. The molecule has 1 aliphatic heterocycles. The van der Waals surface area contributed by atoms with E-state index in [0.717, 1.165) is 38.5 Å². The van der Waals surface area contributed by atoms with Crippen molar-refractivity contribution in [1.82, 2.24) is 0 Å². The van der Waals surface area contributed by atoms with Crippen LogP contribution in [0.25, 0.3) is 0 Å². The lowest BCUT2D eigenvalue weighted by Gasteiger charge is -2.30. The van der Waals surface area contributed by atoms with Crippen molar-refractivity contribution in [3.63, 3.8) is 0 Å². The Bertz CT molecular complexity index is 702. The van der Waals surface area contributed by atoms with Crippen molar-refractivity contribution >= 4 is 17.5 Å². The summed E-state index contributed by atoms with van der Waals surface area (Å²) in [6.45, 7) is 2.42. The lowest BCUT2D eigenvalue weighted by molar-refractivity contribution is -0.305. The SMILES string of the molecule is CCCCC(F)(F)C(=O)CC[C@@H]1[C@H](C/C=C\CCCCCC(=O)[O-])C(=O)C[C@H]1OC1CCCCO1. The third-order valence-electron chi connectivity index (χ3n) is 7.04. The number of hydrogen-bond donors (Lipinski definition) is 0. The summed E-state index contributed by atoms with van der Waals surface area (Å²) >= 11 is 0. The van der Waals surface area contributed by atoms with E-state index >= 15 is 0 Å². The zero-order valence-corrected chi connectivity index (χ0v) is 21.0. The van der Waals surface area contributed by atoms with E-state index in [-0.39, 0.29) is 49.6 Å². The molecular weight excluding hydrogens is 458 g/mol. The van der Waals surface area contributed by atoms with Crippen molar-refractivity contribution in [3.05, 3.63) is 12.2 Å². The predicted molar refractivity (Wildman–Crippen MR) is 126 cm³/mol. The predicted octanol–water partition coefficient (Wildman–Crippen LogP) is 4.92. The standard InChI is InChI=1S/C27H42F2O6/c1-2-3-17-27(28,29)24(31)16-15-21-20(12-8-6-4-5-7-9-13-25(32)33)22(30)19-23(21)35-26-14-10-11-18-34-26/h6,8,20-21,23,26H,2-5,7,9-19H2,1H3,(H,32,33)/p-1/b8-6-/t20-,21+,23+,26?/m0/s1. The number of hydrogen-bond acceptors (Lipinski definition) is 6. The van der Waals surface area contributed by atoms with Gasteiger partial charge in [0.05, 0.1) is 6.10 Å². The molecule has 1 aliphatic carbocycles. The first kappa shape index (κ1) is 29.6. The summed E-state index contributed by atoms with van der Waals surface area (Å²) in [5.74, 6) is -6.04. The molecule has 4 atom stereocenters. The average Bonchev–Trinajstić information content (AvgIpc) is 3.11. The van der Waals surface area contributed by atoms with Gasteiger partial charge < -0.3 is 19.4 Å². The quantitative estimate of drug-likeness (QED) is 0.208. The minimum Gasteiger partial charge on any atom is -0.550 e. The van der Waals surface area contributed by atoms with Gasteiger partial charge >= 0.3 is 5.92 Å². The maximum Gasteiger partial charge on any atom is 0.305 e. The minimum absolute atomic E-state index is 0.0413.